The Morgan fingerprint density at radius 3 is 2.41 bits per heavy atom. The predicted octanol–water partition coefficient (Wildman–Crippen LogP) is 3.27. The second kappa shape index (κ2) is 4.78. The van der Waals surface area contributed by atoms with Crippen LogP contribution >= 0.6 is 24.8 Å². The van der Waals surface area contributed by atoms with E-state index in [-0.39, 0.29) is 30.7 Å². The van der Waals surface area contributed by atoms with Gasteiger partial charge >= 0.3 is 0 Å². The van der Waals surface area contributed by atoms with E-state index in [0.29, 0.717) is 5.56 Å². The molecule has 0 radical (unpaired) electrons. The molecule has 2 aromatic rings. The molecule has 2 aromatic carbocycles. The van der Waals surface area contributed by atoms with E-state index in [1.54, 1.807) is 0 Å². The van der Waals surface area contributed by atoms with Crippen LogP contribution in [-0.4, -0.2) is 5.91 Å². The van der Waals surface area contributed by atoms with Crippen molar-refractivity contribution in [1.82, 2.24) is 0 Å². The summed E-state index contributed by atoms with van der Waals surface area (Å²) < 4.78 is 0. The molecule has 1 aliphatic carbocycles. The summed E-state index contributed by atoms with van der Waals surface area (Å²) in [6, 6.07) is 9.75. The van der Waals surface area contributed by atoms with Gasteiger partial charge in [-0.15, -0.1) is 24.8 Å². The molecule has 0 heterocycles. The average molecular weight is 268 g/mol. The molecule has 2 nitrogen and oxygen atoms in total. The molecular weight excluding hydrogens is 257 g/mol. The zero-order valence-corrected chi connectivity index (χ0v) is 10.5. The molecule has 2 N–H and O–H groups in total. The molecule has 0 unspecified atom stereocenters. The number of benzene rings is 2. The first-order valence-electron chi connectivity index (χ1n) is 4.80. The van der Waals surface area contributed by atoms with E-state index in [0.717, 1.165) is 10.9 Å². The van der Waals surface area contributed by atoms with Crippen molar-refractivity contribution in [2.45, 2.75) is 0 Å². The molecule has 0 aromatic heterocycles. The normalized spacial score (nSPS) is 10.8. The molecule has 0 fully saturated rings. The fourth-order valence-corrected chi connectivity index (χ4v) is 2.08. The second-order valence-corrected chi connectivity index (χ2v) is 3.71. The Morgan fingerprint density at radius 2 is 1.71 bits per heavy atom. The lowest BCUT2D eigenvalue weighted by atomic mass is 10.0. The van der Waals surface area contributed by atoms with E-state index in [9.17, 15) is 4.79 Å². The zero-order valence-electron chi connectivity index (χ0n) is 8.84. The molecule has 0 bridgehead atoms. The van der Waals surface area contributed by atoms with Crippen LogP contribution in [0.15, 0.2) is 30.3 Å². The highest BCUT2D eigenvalue weighted by Crippen LogP contribution is 2.31. The minimum Gasteiger partial charge on any atom is -0.366 e. The van der Waals surface area contributed by atoms with Gasteiger partial charge in [0.15, 0.2) is 0 Å². The highest BCUT2D eigenvalue weighted by Gasteiger charge is 2.11. The molecule has 0 spiro atoms. The molecule has 88 valence electrons. The third-order valence-electron chi connectivity index (χ3n) is 2.77. The fraction of sp³-hybridized carbons (Fsp3) is 0. The Balaban J connectivity index is 0.000000722. The first kappa shape index (κ1) is 13.6. The summed E-state index contributed by atoms with van der Waals surface area (Å²) in [5.74, 6) is -0.376. The lowest BCUT2D eigenvalue weighted by Gasteiger charge is -2.04. The molecular formula is C13H11Cl2NO. The highest BCUT2D eigenvalue weighted by molar-refractivity contribution is 6.08. The van der Waals surface area contributed by atoms with Crippen molar-refractivity contribution in [2.75, 3.05) is 0 Å². The summed E-state index contributed by atoms with van der Waals surface area (Å²) in [5.41, 5.74) is 8.14. The standard InChI is InChI=1S/C13H9NO.2ClH/c14-13(15)11-6-9-3-1-2-8-4-5-10(7-11)12(8)9;;/h1-7H,(H2,14,15);2*1H. The fourth-order valence-electron chi connectivity index (χ4n) is 2.08. The van der Waals surface area contributed by atoms with E-state index >= 15 is 0 Å². The SMILES string of the molecule is Cl.Cl.NC(=O)c1cc2c3c(cccc3c1)C=C2. The summed E-state index contributed by atoms with van der Waals surface area (Å²) in [6.45, 7) is 0. The number of rotatable bonds is 1. The van der Waals surface area contributed by atoms with Crippen LogP contribution in [0.4, 0.5) is 0 Å². The van der Waals surface area contributed by atoms with Gasteiger partial charge in [0.2, 0.25) is 5.91 Å². The van der Waals surface area contributed by atoms with E-state index in [1.165, 1.54) is 10.9 Å². The van der Waals surface area contributed by atoms with E-state index in [4.69, 9.17) is 5.73 Å². The molecule has 0 aliphatic heterocycles. The largest absolute Gasteiger partial charge is 0.366 e. The van der Waals surface area contributed by atoms with Gasteiger partial charge in [-0.2, -0.15) is 0 Å². The molecule has 1 amide bonds. The molecule has 4 heteroatoms. The van der Waals surface area contributed by atoms with E-state index in [1.807, 2.05) is 30.3 Å². The monoisotopic (exact) mass is 267 g/mol. The summed E-state index contributed by atoms with van der Waals surface area (Å²) in [6.07, 6.45) is 4.08. The van der Waals surface area contributed by atoms with Crippen LogP contribution in [0.5, 0.6) is 0 Å². The molecule has 0 atom stereocenters. The van der Waals surface area contributed by atoms with Gasteiger partial charge in [-0.25, -0.2) is 0 Å². The topological polar surface area (TPSA) is 43.1 Å². The number of carbonyl (C=O) groups is 1. The van der Waals surface area contributed by atoms with Crippen molar-refractivity contribution >= 4 is 53.6 Å². The number of primary amides is 1. The number of carbonyl (C=O) groups excluding carboxylic acids is 1. The van der Waals surface area contributed by atoms with Gasteiger partial charge in [-0.3, -0.25) is 4.79 Å². The summed E-state index contributed by atoms with van der Waals surface area (Å²) in [7, 11) is 0. The van der Waals surface area contributed by atoms with Crippen molar-refractivity contribution in [2.24, 2.45) is 5.73 Å². The Labute approximate surface area is 111 Å². The van der Waals surface area contributed by atoms with E-state index < -0.39 is 0 Å². The lowest BCUT2D eigenvalue weighted by Crippen LogP contribution is -2.10. The quantitative estimate of drug-likeness (QED) is 0.723. The van der Waals surface area contributed by atoms with Gasteiger partial charge in [0.25, 0.3) is 0 Å². The maximum atomic E-state index is 11.1. The van der Waals surface area contributed by atoms with Crippen LogP contribution in [0.25, 0.3) is 22.9 Å². The zero-order chi connectivity index (χ0) is 10.4. The van der Waals surface area contributed by atoms with Gasteiger partial charge in [0.1, 0.15) is 0 Å². The van der Waals surface area contributed by atoms with Crippen molar-refractivity contribution < 1.29 is 4.79 Å². The lowest BCUT2D eigenvalue weighted by molar-refractivity contribution is 0.100. The second-order valence-electron chi connectivity index (χ2n) is 3.71. The number of amides is 1. The molecule has 17 heavy (non-hydrogen) atoms. The first-order chi connectivity index (χ1) is 7.25. The van der Waals surface area contributed by atoms with Gasteiger partial charge in [0.05, 0.1) is 0 Å². The maximum absolute atomic E-state index is 11.1. The number of hydrogen-bond donors (Lipinski definition) is 1. The van der Waals surface area contributed by atoms with Crippen LogP contribution in [0.2, 0.25) is 0 Å². The highest BCUT2D eigenvalue weighted by atomic mass is 35.5. The number of hydrogen-bond acceptors (Lipinski definition) is 1. The Bertz CT molecular complexity index is 620. The van der Waals surface area contributed by atoms with Crippen LogP contribution in [0.3, 0.4) is 0 Å². The minimum absolute atomic E-state index is 0. The maximum Gasteiger partial charge on any atom is 0.248 e. The number of nitrogens with two attached hydrogens (primary N) is 1. The van der Waals surface area contributed by atoms with Crippen LogP contribution < -0.4 is 5.73 Å². The van der Waals surface area contributed by atoms with Gasteiger partial charge < -0.3 is 5.73 Å². The predicted molar refractivity (Wildman–Crippen MR) is 75.9 cm³/mol. The third-order valence-corrected chi connectivity index (χ3v) is 2.77. The van der Waals surface area contributed by atoms with Crippen LogP contribution in [0, 0.1) is 0 Å². The van der Waals surface area contributed by atoms with E-state index in [2.05, 4.69) is 12.1 Å². The molecule has 0 saturated heterocycles. The average Bonchev–Trinajstić information content (AvgIpc) is 2.64. The number of halogens is 2. The van der Waals surface area contributed by atoms with Gasteiger partial charge in [0, 0.05) is 5.56 Å². The van der Waals surface area contributed by atoms with Gasteiger partial charge in [-0.05, 0) is 34.0 Å². The summed E-state index contributed by atoms with van der Waals surface area (Å²) in [5, 5.41) is 2.28. The molecule has 1 aliphatic rings. The van der Waals surface area contributed by atoms with Crippen LogP contribution in [0.1, 0.15) is 21.5 Å². The first-order valence-corrected chi connectivity index (χ1v) is 4.80. The summed E-state index contributed by atoms with van der Waals surface area (Å²) in [4.78, 5) is 11.1. The Kier molecular flexibility index (Phi) is 3.81. The summed E-state index contributed by atoms with van der Waals surface area (Å²) >= 11 is 0. The van der Waals surface area contributed by atoms with Crippen molar-refractivity contribution in [1.29, 1.82) is 0 Å². The van der Waals surface area contributed by atoms with Crippen molar-refractivity contribution in [3.8, 4) is 0 Å². The van der Waals surface area contributed by atoms with Crippen molar-refractivity contribution in [3.05, 3.63) is 47.0 Å². The van der Waals surface area contributed by atoms with Gasteiger partial charge in [-0.1, -0.05) is 30.4 Å². The third kappa shape index (κ3) is 2.02. The Hall–Kier alpha value is -1.51. The molecule has 0 saturated carbocycles. The van der Waals surface area contributed by atoms with Crippen LogP contribution in [-0.2, 0) is 0 Å². The smallest absolute Gasteiger partial charge is 0.248 e. The minimum atomic E-state index is -0.376. The molecule has 3 rings (SSSR count). The Morgan fingerprint density at radius 1 is 1.00 bits per heavy atom. The van der Waals surface area contributed by atoms with Crippen molar-refractivity contribution in [3.63, 3.8) is 0 Å².